The van der Waals surface area contributed by atoms with Gasteiger partial charge in [-0.1, -0.05) is 29.0 Å². The van der Waals surface area contributed by atoms with Gasteiger partial charge in [-0.3, -0.25) is 14.5 Å². The summed E-state index contributed by atoms with van der Waals surface area (Å²) < 4.78 is 0. The second-order valence-electron chi connectivity index (χ2n) is 7.63. The molecule has 0 saturated carbocycles. The Bertz CT molecular complexity index is 902. The maximum absolute atomic E-state index is 13.0. The highest BCUT2D eigenvalue weighted by Gasteiger charge is 2.34. The smallest absolute Gasteiger partial charge is 0.247 e. The van der Waals surface area contributed by atoms with Crippen LogP contribution in [0.5, 0.6) is 0 Å². The molecule has 8 heteroatoms. The molecule has 2 fully saturated rings. The average molecular weight is 400 g/mol. The Morgan fingerprint density at radius 3 is 2.50 bits per heavy atom. The van der Waals surface area contributed by atoms with E-state index in [0.717, 1.165) is 42.6 Å². The van der Waals surface area contributed by atoms with Gasteiger partial charge in [0, 0.05) is 25.2 Å². The number of rotatable bonds is 4. The van der Waals surface area contributed by atoms with Crippen LogP contribution >= 0.6 is 11.3 Å². The highest BCUT2D eigenvalue weighted by atomic mass is 32.1. The summed E-state index contributed by atoms with van der Waals surface area (Å²) in [6, 6.07) is 3.90. The number of aromatic nitrogens is 2. The number of amides is 2. The fourth-order valence-electron chi connectivity index (χ4n) is 4.14. The Hall–Kier alpha value is -2.48. The van der Waals surface area contributed by atoms with E-state index in [2.05, 4.69) is 34.6 Å². The number of hydrogen-bond acceptors (Lipinski definition) is 6. The predicted molar refractivity (Wildman–Crippen MR) is 111 cm³/mol. The standard InChI is InChI=1S/C20H25N5O2S/c1-12-10-13(2)17(14(3)11-12)21-18(27)15-6-4-8-24(15)19-22-23-20(28-19)25-9-5-7-16(25)26/h10-11,15H,4-9H2,1-3H3,(H,21,27). The van der Waals surface area contributed by atoms with Crippen molar-refractivity contribution in [3.63, 3.8) is 0 Å². The quantitative estimate of drug-likeness (QED) is 0.854. The fourth-order valence-corrected chi connectivity index (χ4v) is 5.10. The van der Waals surface area contributed by atoms with Gasteiger partial charge in [0.2, 0.25) is 22.1 Å². The maximum atomic E-state index is 13.0. The summed E-state index contributed by atoms with van der Waals surface area (Å²) in [6.45, 7) is 7.57. The van der Waals surface area contributed by atoms with Crippen molar-refractivity contribution in [1.29, 1.82) is 0 Å². The van der Waals surface area contributed by atoms with Crippen molar-refractivity contribution < 1.29 is 9.59 Å². The molecule has 3 heterocycles. The normalized spacial score (nSPS) is 19.5. The van der Waals surface area contributed by atoms with Crippen LogP contribution in [0, 0.1) is 20.8 Å². The number of benzene rings is 1. The minimum atomic E-state index is -0.268. The highest BCUT2D eigenvalue weighted by Crippen LogP contribution is 2.34. The Labute approximate surface area is 168 Å². The molecule has 28 heavy (non-hydrogen) atoms. The summed E-state index contributed by atoms with van der Waals surface area (Å²) in [4.78, 5) is 28.7. The van der Waals surface area contributed by atoms with Crippen molar-refractivity contribution in [2.24, 2.45) is 0 Å². The fraction of sp³-hybridized carbons (Fsp3) is 0.500. The topological polar surface area (TPSA) is 78.4 Å². The number of carbonyl (C=O) groups is 2. The van der Waals surface area contributed by atoms with Gasteiger partial charge in [0.25, 0.3) is 0 Å². The van der Waals surface area contributed by atoms with E-state index in [0.29, 0.717) is 23.2 Å². The van der Waals surface area contributed by atoms with Gasteiger partial charge in [0.05, 0.1) is 0 Å². The Morgan fingerprint density at radius 1 is 1.11 bits per heavy atom. The van der Waals surface area contributed by atoms with Crippen molar-refractivity contribution in [3.8, 4) is 0 Å². The first-order valence-electron chi connectivity index (χ1n) is 9.73. The van der Waals surface area contributed by atoms with E-state index in [-0.39, 0.29) is 17.9 Å². The Balaban J connectivity index is 1.52. The number of anilines is 3. The zero-order valence-corrected chi connectivity index (χ0v) is 17.3. The first-order valence-corrected chi connectivity index (χ1v) is 10.5. The monoisotopic (exact) mass is 399 g/mol. The van der Waals surface area contributed by atoms with Crippen LogP contribution in [-0.4, -0.2) is 41.1 Å². The van der Waals surface area contributed by atoms with Crippen LogP contribution in [-0.2, 0) is 9.59 Å². The molecule has 148 valence electrons. The molecule has 7 nitrogen and oxygen atoms in total. The van der Waals surface area contributed by atoms with E-state index in [4.69, 9.17) is 0 Å². The molecule has 4 rings (SSSR count). The summed E-state index contributed by atoms with van der Waals surface area (Å²) in [5.74, 6) is 0.0882. The molecule has 1 aromatic heterocycles. The molecule has 2 aliphatic rings. The predicted octanol–water partition coefficient (Wildman–Crippen LogP) is 3.20. The van der Waals surface area contributed by atoms with Gasteiger partial charge < -0.3 is 10.2 Å². The van der Waals surface area contributed by atoms with E-state index in [9.17, 15) is 9.59 Å². The number of nitrogens with zero attached hydrogens (tertiary/aromatic N) is 4. The third kappa shape index (κ3) is 3.48. The molecule has 1 N–H and O–H groups in total. The first kappa shape index (κ1) is 18.9. The average Bonchev–Trinajstić information content (AvgIpc) is 3.36. The van der Waals surface area contributed by atoms with Crippen molar-refractivity contribution in [3.05, 3.63) is 28.8 Å². The zero-order valence-electron chi connectivity index (χ0n) is 16.5. The van der Waals surface area contributed by atoms with E-state index < -0.39 is 0 Å². The van der Waals surface area contributed by atoms with E-state index in [1.807, 2.05) is 18.7 Å². The molecule has 0 spiro atoms. The molecule has 1 aromatic carbocycles. The van der Waals surface area contributed by atoms with Gasteiger partial charge in [-0.2, -0.15) is 0 Å². The lowest BCUT2D eigenvalue weighted by molar-refractivity contribution is -0.117. The maximum Gasteiger partial charge on any atom is 0.247 e. The van der Waals surface area contributed by atoms with Gasteiger partial charge in [-0.15, -0.1) is 10.2 Å². The van der Waals surface area contributed by atoms with Gasteiger partial charge in [-0.25, -0.2) is 0 Å². The Morgan fingerprint density at radius 2 is 1.82 bits per heavy atom. The number of carbonyl (C=O) groups excluding carboxylic acids is 2. The molecule has 2 amide bonds. The minimum Gasteiger partial charge on any atom is -0.335 e. The van der Waals surface area contributed by atoms with Gasteiger partial charge in [0.1, 0.15) is 6.04 Å². The molecule has 1 atom stereocenters. The van der Waals surface area contributed by atoms with Crippen LogP contribution in [0.15, 0.2) is 12.1 Å². The molecular weight excluding hydrogens is 374 g/mol. The zero-order chi connectivity index (χ0) is 19.8. The number of nitrogens with one attached hydrogen (secondary N) is 1. The molecule has 2 saturated heterocycles. The second kappa shape index (κ2) is 7.50. The SMILES string of the molecule is Cc1cc(C)c(NC(=O)C2CCCN2c2nnc(N3CCCC3=O)s2)c(C)c1. The summed E-state index contributed by atoms with van der Waals surface area (Å²) in [5, 5.41) is 13.0. The molecule has 2 aliphatic heterocycles. The summed E-state index contributed by atoms with van der Waals surface area (Å²) in [6.07, 6.45) is 3.14. The molecule has 2 aromatic rings. The summed E-state index contributed by atoms with van der Waals surface area (Å²) >= 11 is 1.40. The number of hydrogen-bond donors (Lipinski definition) is 1. The second-order valence-corrected chi connectivity index (χ2v) is 8.56. The highest BCUT2D eigenvalue weighted by molar-refractivity contribution is 7.19. The lowest BCUT2D eigenvalue weighted by atomic mass is 10.0. The van der Waals surface area contributed by atoms with Crippen molar-refractivity contribution in [1.82, 2.24) is 10.2 Å². The van der Waals surface area contributed by atoms with Crippen LogP contribution in [0.2, 0.25) is 0 Å². The van der Waals surface area contributed by atoms with Crippen molar-refractivity contribution >= 4 is 39.1 Å². The van der Waals surface area contributed by atoms with E-state index in [1.54, 1.807) is 4.90 Å². The van der Waals surface area contributed by atoms with E-state index >= 15 is 0 Å². The molecule has 0 radical (unpaired) electrons. The molecule has 0 aliphatic carbocycles. The molecule has 1 unspecified atom stereocenters. The summed E-state index contributed by atoms with van der Waals surface area (Å²) in [7, 11) is 0. The Kier molecular flexibility index (Phi) is 5.05. The van der Waals surface area contributed by atoms with Crippen molar-refractivity contribution in [2.75, 3.05) is 28.2 Å². The molecule has 0 bridgehead atoms. The van der Waals surface area contributed by atoms with Crippen LogP contribution in [0.25, 0.3) is 0 Å². The van der Waals surface area contributed by atoms with Crippen LogP contribution in [0.3, 0.4) is 0 Å². The van der Waals surface area contributed by atoms with Crippen LogP contribution in [0.1, 0.15) is 42.4 Å². The largest absolute Gasteiger partial charge is 0.335 e. The van der Waals surface area contributed by atoms with Gasteiger partial charge >= 0.3 is 0 Å². The van der Waals surface area contributed by atoms with Crippen LogP contribution < -0.4 is 15.1 Å². The third-order valence-corrected chi connectivity index (χ3v) is 6.42. The lowest BCUT2D eigenvalue weighted by Gasteiger charge is -2.23. The first-order chi connectivity index (χ1) is 13.4. The van der Waals surface area contributed by atoms with Gasteiger partial charge in [-0.05, 0) is 51.2 Å². The molecular formula is C20H25N5O2S. The van der Waals surface area contributed by atoms with Crippen molar-refractivity contribution in [2.45, 2.75) is 52.5 Å². The van der Waals surface area contributed by atoms with Crippen LogP contribution in [0.4, 0.5) is 16.0 Å². The third-order valence-electron chi connectivity index (χ3n) is 5.43. The summed E-state index contributed by atoms with van der Waals surface area (Å²) in [5.41, 5.74) is 4.22. The lowest BCUT2D eigenvalue weighted by Crippen LogP contribution is -2.40. The van der Waals surface area contributed by atoms with Gasteiger partial charge in [0.15, 0.2) is 0 Å². The van der Waals surface area contributed by atoms with E-state index in [1.165, 1.54) is 16.9 Å². The minimum absolute atomic E-state index is 0.0125. The number of aryl methyl sites for hydroxylation is 3.